The summed E-state index contributed by atoms with van der Waals surface area (Å²) in [6, 6.07) is 8.02. The molecule has 1 aromatic heterocycles. The van der Waals surface area contributed by atoms with E-state index in [0.29, 0.717) is 11.6 Å². The molecule has 0 radical (unpaired) electrons. The average Bonchev–Trinajstić information content (AvgIpc) is 3.11. The van der Waals surface area contributed by atoms with E-state index in [1.54, 1.807) is 4.68 Å². The molecule has 1 aliphatic carbocycles. The van der Waals surface area contributed by atoms with Crippen LogP contribution in [0.2, 0.25) is 0 Å². The van der Waals surface area contributed by atoms with Crippen molar-refractivity contribution in [1.29, 1.82) is 0 Å². The van der Waals surface area contributed by atoms with Crippen LogP contribution in [0.1, 0.15) is 37.0 Å². The fourth-order valence-corrected chi connectivity index (χ4v) is 2.38. The van der Waals surface area contributed by atoms with Gasteiger partial charge in [-0.15, -0.1) is 5.10 Å². The summed E-state index contributed by atoms with van der Waals surface area (Å²) in [5, 5.41) is 11.1. The summed E-state index contributed by atoms with van der Waals surface area (Å²) >= 11 is 0. The number of rotatable bonds is 4. The highest BCUT2D eigenvalue weighted by Gasteiger charge is 2.34. The average molecular weight is 271 g/mol. The SMILES string of the molecule is CC(C)N(C(=O)c1cccc(-n2cnnn2)c1)C1CC1. The first-order valence-electron chi connectivity index (χ1n) is 6.83. The van der Waals surface area contributed by atoms with E-state index in [9.17, 15) is 4.79 Å². The van der Waals surface area contributed by atoms with Gasteiger partial charge in [-0.05, 0) is 55.3 Å². The number of aromatic nitrogens is 4. The van der Waals surface area contributed by atoms with E-state index in [0.717, 1.165) is 18.5 Å². The predicted molar refractivity (Wildman–Crippen MR) is 73.5 cm³/mol. The van der Waals surface area contributed by atoms with Crippen molar-refractivity contribution >= 4 is 5.91 Å². The van der Waals surface area contributed by atoms with Gasteiger partial charge in [0.05, 0.1) is 5.69 Å². The summed E-state index contributed by atoms with van der Waals surface area (Å²) in [7, 11) is 0. The second-order valence-electron chi connectivity index (χ2n) is 5.34. The van der Waals surface area contributed by atoms with Crippen LogP contribution in [0, 0.1) is 0 Å². The Morgan fingerprint density at radius 1 is 1.40 bits per heavy atom. The number of carbonyl (C=O) groups excluding carboxylic acids is 1. The molecular weight excluding hydrogens is 254 g/mol. The molecule has 0 atom stereocenters. The summed E-state index contributed by atoms with van der Waals surface area (Å²) in [5.41, 5.74) is 1.47. The fraction of sp³-hybridized carbons (Fsp3) is 0.429. The third kappa shape index (κ3) is 2.41. The quantitative estimate of drug-likeness (QED) is 0.848. The molecule has 0 saturated heterocycles. The van der Waals surface area contributed by atoms with Crippen molar-refractivity contribution in [2.24, 2.45) is 0 Å². The van der Waals surface area contributed by atoms with E-state index < -0.39 is 0 Å². The first-order chi connectivity index (χ1) is 9.66. The maximum Gasteiger partial charge on any atom is 0.254 e. The maximum absolute atomic E-state index is 12.7. The Hall–Kier alpha value is -2.24. The minimum absolute atomic E-state index is 0.0809. The highest BCUT2D eigenvalue weighted by Crippen LogP contribution is 2.30. The van der Waals surface area contributed by atoms with Crippen molar-refractivity contribution in [2.75, 3.05) is 0 Å². The minimum atomic E-state index is 0.0809. The van der Waals surface area contributed by atoms with Gasteiger partial charge in [-0.3, -0.25) is 4.79 Å². The smallest absolute Gasteiger partial charge is 0.254 e. The predicted octanol–water partition coefficient (Wildman–Crippen LogP) is 1.68. The Morgan fingerprint density at radius 3 is 2.80 bits per heavy atom. The molecular formula is C14H17N5O. The maximum atomic E-state index is 12.7. The normalized spacial score (nSPS) is 14.6. The van der Waals surface area contributed by atoms with Crippen molar-refractivity contribution in [1.82, 2.24) is 25.1 Å². The molecule has 0 spiro atoms. The molecule has 1 aromatic carbocycles. The molecule has 0 bridgehead atoms. The molecule has 1 fully saturated rings. The lowest BCUT2D eigenvalue weighted by Crippen LogP contribution is -2.38. The number of benzene rings is 1. The molecule has 3 rings (SSSR count). The number of hydrogen-bond acceptors (Lipinski definition) is 4. The van der Waals surface area contributed by atoms with Gasteiger partial charge in [0, 0.05) is 17.6 Å². The van der Waals surface area contributed by atoms with E-state index in [2.05, 4.69) is 29.4 Å². The molecule has 6 nitrogen and oxygen atoms in total. The zero-order chi connectivity index (χ0) is 14.1. The molecule has 0 unspecified atom stereocenters. The monoisotopic (exact) mass is 271 g/mol. The number of tetrazole rings is 1. The molecule has 2 aromatic rings. The van der Waals surface area contributed by atoms with Gasteiger partial charge in [-0.25, -0.2) is 4.68 Å². The van der Waals surface area contributed by atoms with Crippen LogP contribution < -0.4 is 0 Å². The molecule has 0 N–H and O–H groups in total. The van der Waals surface area contributed by atoms with E-state index >= 15 is 0 Å². The molecule has 1 saturated carbocycles. The Bertz CT molecular complexity index is 602. The highest BCUT2D eigenvalue weighted by molar-refractivity contribution is 5.95. The van der Waals surface area contributed by atoms with Gasteiger partial charge in [0.2, 0.25) is 0 Å². The summed E-state index contributed by atoms with van der Waals surface area (Å²) < 4.78 is 1.55. The van der Waals surface area contributed by atoms with Gasteiger partial charge < -0.3 is 4.90 Å². The molecule has 0 aliphatic heterocycles. The number of nitrogens with zero attached hydrogens (tertiary/aromatic N) is 5. The topological polar surface area (TPSA) is 63.9 Å². The van der Waals surface area contributed by atoms with Crippen LogP contribution in [0.15, 0.2) is 30.6 Å². The second kappa shape index (κ2) is 5.03. The molecule has 1 aliphatic rings. The number of hydrogen-bond donors (Lipinski definition) is 0. The van der Waals surface area contributed by atoms with Crippen molar-refractivity contribution in [3.05, 3.63) is 36.2 Å². The highest BCUT2D eigenvalue weighted by atomic mass is 16.2. The van der Waals surface area contributed by atoms with Crippen molar-refractivity contribution < 1.29 is 4.79 Å². The number of amides is 1. The fourth-order valence-electron chi connectivity index (χ4n) is 2.38. The van der Waals surface area contributed by atoms with Crippen molar-refractivity contribution in [2.45, 2.75) is 38.8 Å². The lowest BCUT2D eigenvalue weighted by Gasteiger charge is -2.26. The van der Waals surface area contributed by atoms with Crippen LogP contribution >= 0.6 is 0 Å². The summed E-state index contributed by atoms with van der Waals surface area (Å²) in [5.74, 6) is 0.0809. The van der Waals surface area contributed by atoms with Crippen LogP contribution in [0.3, 0.4) is 0 Å². The molecule has 6 heteroatoms. The lowest BCUT2D eigenvalue weighted by atomic mass is 10.1. The summed E-state index contributed by atoms with van der Waals surface area (Å²) in [6.07, 6.45) is 3.73. The lowest BCUT2D eigenvalue weighted by molar-refractivity contribution is 0.0690. The van der Waals surface area contributed by atoms with Crippen LogP contribution in [0.4, 0.5) is 0 Å². The van der Waals surface area contributed by atoms with Gasteiger partial charge in [-0.2, -0.15) is 0 Å². The van der Waals surface area contributed by atoms with E-state index in [4.69, 9.17) is 0 Å². The third-order valence-electron chi connectivity index (χ3n) is 3.44. The van der Waals surface area contributed by atoms with Crippen molar-refractivity contribution in [3.8, 4) is 5.69 Å². The zero-order valence-corrected chi connectivity index (χ0v) is 11.6. The van der Waals surface area contributed by atoms with Gasteiger partial charge in [0.25, 0.3) is 5.91 Å². The van der Waals surface area contributed by atoms with E-state index in [1.807, 2.05) is 29.2 Å². The van der Waals surface area contributed by atoms with Crippen molar-refractivity contribution in [3.63, 3.8) is 0 Å². The molecule has 1 amide bonds. The van der Waals surface area contributed by atoms with Crippen LogP contribution in [-0.2, 0) is 0 Å². The summed E-state index contributed by atoms with van der Waals surface area (Å²) in [4.78, 5) is 14.6. The minimum Gasteiger partial charge on any atom is -0.333 e. The van der Waals surface area contributed by atoms with Crippen LogP contribution in [0.5, 0.6) is 0 Å². The Morgan fingerprint density at radius 2 is 2.20 bits per heavy atom. The summed E-state index contributed by atoms with van der Waals surface area (Å²) in [6.45, 7) is 4.11. The standard InChI is InChI=1S/C14H17N5O/c1-10(2)19(12-6-7-12)14(20)11-4-3-5-13(8-11)18-9-15-16-17-18/h3-5,8-10,12H,6-7H2,1-2H3. The van der Waals surface area contributed by atoms with E-state index in [1.165, 1.54) is 6.33 Å². The van der Waals surface area contributed by atoms with Gasteiger partial charge in [0.1, 0.15) is 6.33 Å². The number of carbonyl (C=O) groups is 1. The third-order valence-corrected chi connectivity index (χ3v) is 3.44. The largest absolute Gasteiger partial charge is 0.333 e. The zero-order valence-electron chi connectivity index (χ0n) is 11.6. The second-order valence-corrected chi connectivity index (χ2v) is 5.34. The van der Waals surface area contributed by atoms with Gasteiger partial charge in [0.15, 0.2) is 0 Å². The Balaban J connectivity index is 1.90. The van der Waals surface area contributed by atoms with E-state index in [-0.39, 0.29) is 11.9 Å². The van der Waals surface area contributed by atoms with Gasteiger partial charge in [-0.1, -0.05) is 6.07 Å². The Labute approximate surface area is 117 Å². The molecule has 104 valence electrons. The van der Waals surface area contributed by atoms with Crippen LogP contribution in [-0.4, -0.2) is 43.1 Å². The first-order valence-corrected chi connectivity index (χ1v) is 6.83. The molecule has 1 heterocycles. The van der Waals surface area contributed by atoms with Crippen LogP contribution in [0.25, 0.3) is 5.69 Å². The first kappa shape index (κ1) is 12.8. The Kier molecular flexibility index (Phi) is 3.22. The van der Waals surface area contributed by atoms with Gasteiger partial charge >= 0.3 is 0 Å². The molecule has 20 heavy (non-hydrogen) atoms.